The van der Waals surface area contributed by atoms with Crippen molar-refractivity contribution < 1.29 is 75.7 Å². The molecule has 3 aromatic rings. The maximum atomic E-state index is 12.3. The number of carbonyl (C=O) groups excluding carboxylic acids is 2. The summed E-state index contributed by atoms with van der Waals surface area (Å²) in [6.07, 6.45) is -11.0. The summed E-state index contributed by atoms with van der Waals surface area (Å²) in [5, 5.41) is 124. The van der Waals surface area contributed by atoms with E-state index in [-0.39, 0.29) is 55.4 Å². The van der Waals surface area contributed by atoms with Gasteiger partial charge in [-0.1, -0.05) is 0 Å². The topological polar surface area (TPSA) is 371 Å². The summed E-state index contributed by atoms with van der Waals surface area (Å²) in [4.78, 5) is 37.3. The molecule has 0 saturated heterocycles. The second-order valence-electron chi connectivity index (χ2n) is 12.1. The van der Waals surface area contributed by atoms with Crippen molar-refractivity contribution in [3.05, 3.63) is 51.6 Å². The number of H-pyrrole nitrogens is 1. The SMILES string of the molecule is CNC[C@H](O)[C@@H](O)[C@H](O)[C@H](O)CO.CNC[C@H](O)[C@@H](O)[C@H](O)[C@H](O)CO.O=C(O)CCCC(=O)Nc1ccc(C(=O)N=Nc2c(O)[nH]c3ccc(I)cc23)cc1. The van der Waals surface area contributed by atoms with Crippen LogP contribution >= 0.6 is 22.6 Å². The minimum Gasteiger partial charge on any atom is -0.493 e. The molecular formula is C34H51IN6O15. The highest BCUT2D eigenvalue weighted by molar-refractivity contribution is 14.1. The number of hydrogen-bond donors (Lipinski definition) is 16. The van der Waals surface area contributed by atoms with E-state index in [1.807, 2.05) is 12.1 Å². The number of hydrogen-bond acceptors (Lipinski definition) is 17. The number of aliphatic carboxylic acids is 1. The first-order valence-electron chi connectivity index (χ1n) is 17.0. The van der Waals surface area contributed by atoms with Crippen LogP contribution in [0, 0.1) is 3.57 Å². The Morgan fingerprint density at radius 2 is 1.25 bits per heavy atom. The number of nitrogens with zero attached hydrogens (tertiary/aromatic N) is 2. The van der Waals surface area contributed by atoms with Gasteiger partial charge in [-0.3, -0.25) is 14.4 Å². The second kappa shape index (κ2) is 26.2. The number of benzene rings is 2. The first-order valence-corrected chi connectivity index (χ1v) is 18.0. The van der Waals surface area contributed by atoms with Gasteiger partial charge < -0.3 is 82.2 Å². The van der Waals surface area contributed by atoms with E-state index in [1.54, 1.807) is 32.3 Å². The number of aromatic hydroxyl groups is 1. The van der Waals surface area contributed by atoms with Gasteiger partial charge in [-0.05, 0) is 85.6 Å². The predicted molar refractivity (Wildman–Crippen MR) is 208 cm³/mol. The molecule has 0 fully saturated rings. The van der Waals surface area contributed by atoms with Gasteiger partial charge in [-0.2, -0.15) is 0 Å². The number of carboxylic acid groups (broad SMARTS) is 1. The monoisotopic (exact) mass is 910 g/mol. The number of likely N-dealkylation sites (N-methyl/N-ethyl adjacent to an activating group) is 2. The lowest BCUT2D eigenvalue weighted by molar-refractivity contribution is -0.137. The van der Waals surface area contributed by atoms with Crippen LogP contribution in [0.5, 0.6) is 5.88 Å². The summed E-state index contributed by atoms with van der Waals surface area (Å²) in [5.74, 6) is -2.03. The van der Waals surface area contributed by atoms with Crippen molar-refractivity contribution in [3.63, 3.8) is 0 Å². The van der Waals surface area contributed by atoms with Gasteiger partial charge in [0.2, 0.25) is 11.8 Å². The fraction of sp³-hybridized carbons (Fsp3) is 0.500. The number of anilines is 1. The molecule has 22 heteroatoms. The van der Waals surface area contributed by atoms with E-state index in [0.717, 1.165) is 3.57 Å². The summed E-state index contributed by atoms with van der Waals surface area (Å²) in [5.41, 5.74) is 1.60. The van der Waals surface area contributed by atoms with Gasteiger partial charge >= 0.3 is 5.97 Å². The van der Waals surface area contributed by atoms with Crippen LogP contribution in [-0.2, 0) is 9.59 Å². The Morgan fingerprint density at radius 1 is 0.750 bits per heavy atom. The molecule has 16 N–H and O–H groups in total. The Morgan fingerprint density at radius 3 is 1.71 bits per heavy atom. The molecule has 2 amide bonds. The lowest BCUT2D eigenvalue weighted by Crippen LogP contribution is -2.48. The van der Waals surface area contributed by atoms with E-state index in [2.05, 4.69) is 53.8 Å². The Labute approximate surface area is 334 Å². The largest absolute Gasteiger partial charge is 0.493 e. The molecule has 56 heavy (non-hydrogen) atoms. The molecule has 1 heterocycles. The number of amides is 2. The van der Waals surface area contributed by atoms with Gasteiger partial charge in [0.1, 0.15) is 36.6 Å². The van der Waals surface area contributed by atoms with E-state index >= 15 is 0 Å². The zero-order valence-electron chi connectivity index (χ0n) is 30.5. The molecule has 0 bridgehead atoms. The maximum absolute atomic E-state index is 12.3. The number of azo groups is 1. The van der Waals surface area contributed by atoms with Crippen LogP contribution in [0.2, 0.25) is 0 Å². The molecule has 3 rings (SSSR count). The van der Waals surface area contributed by atoms with E-state index in [0.29, 0.717) is 16.6 Å². The number of halogens is 1. The van der Waals surface area contributed by atoms with Gasteiger partial charge in [-0.25, -0.2) is 0 Å². The molecule has 0 aliphatic rings. The summed E-state index contributed by atoms with van der Waals surface area (Å²) >= 11 is 2.14. The molecule has 2 aromatic carbocycles. The van der Waals surface area contributed by atoms with Crippen LogP contribution < -0.4 is 16.0 Å². The van der Waals surface area contributed by atoms with Crippen LogP contribution in [0.25, 0.3) is 10.9 Å². The summed E-state index contributed by atoms with van der Waals surface area (Å²) in [6, 6.07) is 11.6. The Hall–Kier alpha value is -3.76. The Balaban J connectivity index is 0.000000501. The minimum atomic E-state index is -1.55. The van der Waals surface area contributed by atoms with Crippen molar-refractivity contribution in [2.24, 2.45) is 10.2 Å². The quantitative estimate of drug-likeness (QED) is 0.0452. The first-order chi connectivity index (χ1) is 26.4. The van der Waals surface area contributed by atoms with Gasteiger partial charge in [0.25, 0.3) is 5.91 Å². The zero-order chi connectivity index (χ0) is 42.5. The fourth-order valence-electron chi connectivity index (χ4n) is 4.50. The highest BCUT2D eigenvalue weighted by Crippen LogP contribution is 2.36. The molecule has 0 aliphatic heterocycles. The Kier molecular flexibility index (Phi) is 23.5. The van der Waals surface area contributed by atoms with Crippen LogP contribution in [-0.4, -0.2) is 173 Å². The smallest absolute Gasteiger partial charge is 0.303 e. The summed E-state index contributed by atoms with van der Waals surface area (Å²) in [6.45, 7) is -1.14. The number of aromatic amines is 1. The average Bonchev–Trinajstić information content (AvgIpc) is 3.49. The van der Waals surface area contributed by atoms with Crippen LogP contribution in [0.4, 0.5) is 11.4 Å². The summed E-state index contributed by atoms with van der Waals surface area (Å²) < 4.78 is 0.947. The molecule has 1 aromatic heterocycles. The number of rotatable bonds is 19. The van der Waals surface area contributed by atoms with Crippen LogP contribution in [0.3, 0.4) is 0 Å². The lowest BCUT2D eigenvalue weighted by atomic mass is 10.0. The molecule has 0 aliphatic carbocycles. The molecule has 0 spiro atoms. The summed E-state index contributed by atoms with van der Waals surface area (Å²) in [7, 11) is 3.15. The third kappa shape index (κ3) is 17.2. The number of nitrogens with one attached hydrogen (secondary N) is 4. The van der Waals surface area contributed by atoms with Gasteiger partial charge in [0.05, 0.1) is 30.9 Å². The zero-order valence-corrected chi connectivity index (χ0v) is 32.6. The fourth-order valence-corrected chi connectivity index (χ4v) is 4.99. The Bertz CT molecular complexity index is 1630. The van der Waals surface area contributed by atoms with Crippen LogP contribution in [0.1, 0.15) is 29.6 Å². The van der Waals surface area contributed by atoms with Gasteiger partial charge in [-0.15, -0.1) is 10.2 Å². The number of carbonyl (C=O) groups is 3. The highest BCUT2D eigenvalue weighted by atomic mass is 127. The van der Waals surface area contributed by atoms with Crippen molar-refractivity contribution in [2.45, 2.75) is 68.1 Å². The maximum Gasteiger partial charge on any atom is 0.303 e. The first kappa shape index (κ1) is 50.3. The van der Waals surface area contributed by atoms with Crippen molar-refractivity contribution in [1.82, 2.24) is 15.6 Å². The van der Waals surface area contributed by atoms with Gasteiger partial charge in [0, 0.05) is 46.1 Å². The number of aliphatic hydroxyl groups excluding tert-OH is 10. The average molecular weight is 911 g/mol. The molecule has 0 radical (unpaired) electrons. The normalized spacial score (nSPS) is 15.6. The van der Waals surface area contributed by atoms with Crippen molar-refractivity contribution in [3.8, 4) is 5.88 Å². The van der Waals surface area contributed by atoms with Gasteiger partial charge in [0.15, 0.2) is 5.69 Å². The van der Waals surface area contributed by atoms with Crippen molar-refractivity contribution >= 4 is 62.7 Å². The predicted octanol–water partition coefficient (Wildman–Crippen LogP) is -2.12. The number of fused-ring (bicyclic) bond motifs is 1. The van der Waals surface area contributed by atoms with Crippen LogP contribution in [0.15, 0.2) is 52.7 Å². The molecule has 0 unspecified atom stereocenters. The number of aliphatic hydroxyl groups is 10. The lowest BCUT2D eigenvalue weighted by Gasteiger charge is -2.25. The van der Waals surface area contributed by atoms with E-state index in [4.69, 9.17) is 46.0 Å². The van der Waals surface area contributed by atoms with E-state index < -0.39 is 73.9 Å². The third-order valence-corrected chi connectivity index (χ3v) is 8.31. The van der Waals surface area contributed by atoms with E-state index in [9.17, 15) is 29.7 Å². The molecule has 314 valence electrons. The standard InChI is InChI=1S/C20H17IN4O5.2C7H17NO5/c21-12-6-9-15-14(10-12)18(20(30)23-15)24-25-19(29)11-4-7-13(8-5-11)22-16(26)2-1-3-17(27)28;2*1-8-2-4(10)6(12)7(13)5(11)3-9/h4-10,23,30H,1-3H2,(H,22,26)(H,27,28);2*4-13H,2-3H2,1H3/t;2*4-,5+,6+,7+/m.00/s1. The highest BCUT2D eigenvalue weighted by Gasteiger charge is 2.30. The second-order valence-corrected chi connectivity index (χ2v) is 13.3. The minimum absolute atomic E-state index is 0.0724. The molecule has 0 saturated carbocycles. The number of carboxylic acids is 1. The van der Waals surface area contributed by atoms with Crippen molar-refractivity contribution in [2.75, 3.05) is 45.7 Å². The molecule has 8 atom stereocenters. The number of aromatic nitrogens is 1. The van der Waals surface area contributed by atoms with Crippen molar-refractivity contribution in [1.29, 1.82) is 0 Å². The molecule has 21 nitrogen and oxygen atoms in total. The molecular weight excluding hydrogens is 859 g/mol. The third-order valence-electron chi connectivity index (χ3n) is 7.64. The van der Waals surface area contributed by atoms with E-state index in [1.165, 1.54) is 12.1 Å².